The maximum absolute atomic E-state index is 12.7. The number of carbonyl (C=O) groups excluding carboxylic acids is 7. The second-order valence-corrected chi connectivity index (χ2v) is 38.8. The van der Waals surface area contributed by atoms with Gasteiger partial charge in [0.15, 0.2) is 51.6 Å². The van der Waals surface area contributed by atoms with E-state index in [-0.39, 0.29) is 35.2 Å². The summed E-state index contributed by atoms with van der Waals surface area (Å²) < 4.78 is 71.7. The van der Waals surface area contributed by atoms with Gasteiger partial charge in [-0.3, -0.25) is 61.6 Å². The minimum absolute atomic E-state index is 0.0460. The molecular weight excluding hydrogens is 1800 g/mol. The third-order valence-corrected chi connectivity index (χ3v) is 23.0. The Balaban J connectivity index is 0.000000199. The van der Waals surface area contributed by atoms with Crippen LogP contribution in [0.4, 0.5) is 29.0 Å². The molecule has 132 heavy (non-hydrogen) atoms. The van der Waals surface area contributed by atoms with Crippen LogP contribution in [0.1, 0.15) is 174 Å². The number of ketones is 4. The van der Waals surface area contributed by atoms with Crippen LogP contribution in [0.5, 0.6) is 0 Å². The van der Waals surface area contributed by atoms with Crippen LogP contribution in [0.15, 0.2) is 111 Å². The number of Topliss-reactive ketones (excluding diaryl/α,β-unsaturated/α-hetero) is 4. The van der Waals surface area contributed by atoms with Crippen LogP contribution in [0.3, 0.4) is 0 Å². The van der Waals surface area contributed by atoms with E-state index in [0.29, 0.717) is 220 Å². The van der Waals surface area contributed by atoms with Crippen molar-refractivity contribution >= 4 is 145 Å². The highest BCUT2D eigenvalue weighted by molar-refractivity contribution is 7.52. The van der Waals surface area contributed by atoms with Crippen molar-refractivity contribution < 1.29 is 110 Å². The number of imide groups is 1. The van der Waals surface area contributed by atoms with Crippen LogP contribution in [-0.2, 0) is 92.2 Å². The van der Waals surface area contributed by atoms with Crippen molar-refractivity contribution in [2.75, 3.05) is 84.3 Å². The number of fused-ring (bicyclic) bond motifs is 4. The fourth-order valence-electron chi connectivity index (χ4n) is 14.3. The Bertz CT molecular complexity index is 5630. The van der Waals surface area contributed by atoms with E-state index in [9.17, 15) is 51.8 Å². The number of aromatic nitrogens is 16. The molecule has 10 heterocycles. The van der Waals surface area contributed by atoms with Gasteiger partial charge < -0.3 is 97.6 Å². The van der Waals surface area contributed by atoms with E-state index < -0.39 is 80.2 Å². The zero-order valence-electron chi connectivity index (χ0n) is 74.6. The molecule has 718 valence electrons. The Labute approximate surface area is 761 Å². The molecule has 2 aliphatic heterocycles. The zero-order chi connectivity index (χ0) is 95.7. The summed E-state index contributed by atoms with van der Waals surface area (Å²) >= 11 is 0. The maximum atomic E-state index is 12.7. The predicted molar refractivity (Wildman–Crippen MR) is 489 cm³/mol. The lowest BCUT2D eigenvalue weighted by molar-refractivity contribution is -0.137. The van der Waals surface area contributed by atoms with Crippen LogP contribution in [-0.4, -0.2) is 246 Å². The Kier molecular flexibility index (Phi) is 40.8. The number of unbranched alkanes of at least 4 members (excludes halogenated alkanes) is 3. The highest BCUT2D eigenvalue weighted by atomic mass is 31.2. The molecule has 0 spiro atoms. The third kappa shape index (κ3) is 34.9. The first-order chi connectivity index (χ1) is 62.8. The molecular formula is C83H118N22O23P4. The molecule has 0 bridgehead atoms. The van der Waals surface area contributed by atoms with Gasteiger partial charge in [0.1, 0.15) is 90.1 Å². The fourth-order valence-corrected chi connectivity index (χ4v) is 16.1. The number of amides is 3. The second kappa shape index (κ2) is 51.2. The number of nitrogens with one attached hydrogen (secondary N) is 4. The lowest BCUT2D eigenvalue weighted by atomic mass is 9.80. The SMILES string of the molecule is C=C1C=CC(=O)N1c1cccc(C(=O)CCCNc2ncnc3c2ncn3C[C@@H](C)OCP(=O)(O)O)c1.CC1CCC(C(=O)CCCNc2ncnc3c2ncn3C[C@@H](C)OCP(=O)(O)O)CC1.CCCCCC(=O)CCCNc1ncnc2c1ncn2C[C@@H](C)OCP(=O)(O)O.C[C@H](Cn1cnc2c(NCCCC(=O)CCCCN3C(=O)C=CC3=O)ncnc21)OCP(=O)(O)O. The number of hydrogen-bond acceptors (Lipinski definition) is 31. The number of benzene rings is 1. The Morgan fingerprint density at radius 2 is 0.780 bits per heavy atom. The van der Waals surface area contributed by atoms with E-state index in [2.05, 4.69) is 102 Å². The van der Waals surface area contributed by atoms with Gasteiger partial charge in [0, 0.05) is 112 Å². The van der Waals surface area contributed by atoms with E-state index in [1.165, 1.54) is 53.3 Å². The monoisotopic (exact) mass is 1910 g/mol. The molecule has 3 amide bonds. The van der Waals surface area contributed by atoms with Crippen molar-refractivity contribution in [1.29, 1.82) is 0 Å². The quantitative estimate of drug-likeness (QED) is 0.00730. The number of rotatable bonds is 52. The molecule has 0 radical (unpaired) electrons. The van der Waals surface area contributed by atoms with Gasteiger partial charge in [-0.2, -0.15) is 0 Å². The van der Waals surface area contributed by atoms with Gasteiger partial charge in [0.2, 0.25) is 0 Å². The Hall–Kier alpha value is -10.4. The molecule has 1 saturated carbocycles. The molecule has 0 saturated heterocycles. The molecule has 1 aromatic carbocycles. The maximum Gasteiger partial charge on any atom is 0.350 e. The number of anilines is 5. The van der Waals surface area contributed by atoms with E-state index >= 15 is 0 Å². The van der Waals surface area contributed by atoms with Gasteiger partial charge in [-0.25, -0.2) is 59.8 Å². The van der Waals surface area contributed by atoms with Gasteiger partial charge in [0.05, 0.1) is 75.9 Å². The van der Waals surface area contributed by atoms with E-state index in [1.54, 1.807) is 102 Å². The zero-order valence-corrected chi connectivity index (χ0v) is 78.2. The topological polar surface area (TPSA) is 616 Å². The van der Waals surface area contributed by atoms with Gasteiger partial charge in [-0.1, -0.05) is 58.2 Å². The van der Waals surface area contributed by atoms with Crippen molar-refractivity contribution in [3.63, 3.8) is 0 Å². The fraction of sp³-hybridized carbons (Fsp3) is 0.530. The summed E-state index contributed by atoms with van der Waals surface area (Å²) in [6, 6.07) is 6.92. The molecule has 8 aromatic heterocycles. The molecule has 49 heteroatoms. The number of hydrogen-bond donors (Lipinski definition) is 12. The van der Waals surface area contributed by atoms with Gasteiger partial charge in [-0.15, -0.1) is 0 Å². The van der Waals surface area contributed by atoms with Crippen LogP contribution in [0, 0.1) is 11.8 Å². The normalized spacial score (nSPS) is 15.7. The highest BCUT2D eigenvalue weighted by Gasteiger charge is 2.29. The number of ether oxygens (including phenoxy) is 4. The molecule has 0 unspecified atom stereocenters. The highest BCUT2D eigenvalue weighted by Crippen LogP contribution is 2.38. The summed E-state index contributed by atoms with van der Waals surface area (Å²) in [5.74, 6) is 3.14. The largest absolute Gasteiger partial charge is 0.368 e. The first-order valence-electron chi connectivity index (χ1n) is 43.5. The third-order valence-electron chi connectivity index (χ3n) is 21.0. The molecule has 4 atom stereocenters. The number of carbonyl (C=O) groups is 7. The summed E-state index contributed by atoms with van der Waals surface area (Å²) in [6.45, 7) is 18.9. The van der Waals surface area contributed by atoms with Crippen molar-refractivity contribution in [3.8, 4) is 0 Å². The van der Waals surface area contributed by atoms with Crippen LogP contribution >= 0.6 is 30.4 Å². The first kappa shape index (κ1) is 105. The van der Waals surface area contributed by atoms with Crippen LogP contribution in [0.2, 0.25) is 0 Å². The number of allylic oxidation sites excluding steroid dienone is 1. The predicted octanol–water partition coefficient (Wildman–Crippen LogP) is 9.74. The van der Waals surface area contributed by atoms with Crippen LogP contribution < -0.4 is 26.2 Å². The average Bonchev–Trinajstić information content (AvgIpc) is 1.66. The van der Waals surface area contributed by atoms with Crippen molar-refractivity contribution in [2.45, 2.75) is 214 Å². The standard InChI is InChI=1S/C24H27N6O6P.C21H29N6O7P.C20H32N5O5P.C18H30N5O5P/c1-16-8-9-21(32)30(16)19-6-3-5-18(11-19)20(31)7-4-10-25-23-22-24(27-13-26-23)29(14-28-22)12-17(2)36-15-37(33,34)35;1-15(34-14-35(31,32)33)11-26-13-25-19-20(23-12-24-21(19)26)22-9-4-6-16(28)5-2-3-10-27-17(29)7-8-18(27)30;1-14-5-7-16(8-6-14)17(26)4-3-9-21-19-18-20(23-11-22-19)25(12-24-18)10-15(2)30-13-31(27,28)29;1-3-4-5-7-15(24)8-6-9-19-17-16-18(21-11-20-17)23(12-22-16)10-14(2)28-13-29(25,26)27/h3,5-6,8-9,11,13-14,17H,1,4,7,10,12,15H2,2H3,(H,25,26,27)(H2,33,34,35);7-8,12-13,15H,2-6,9-11,14H2,1H3,(H,22,23,24)(H2,31,32,33);11-12,14-16H,3-10,13H2,1-2H3,(H,21,22,23)(H2,27,28,29);11-12,14H,3-10,13H2,1-2H3,(H,19,20,21)(H2,25,26,27)/t17-;15-;14?,15-,16?;14-/m1111/s1. The lowest BCUT2D eigenvalue weighted by Crippen LogP contribution is -2.30. The second-order valence-electron chi connectivity index (χ2n) is 32.4. The van der Waals surface area contributed by atoms with E-state index in [1.807, 2.05) is 0 Å². The van der Waals surface area contributed by atoms with Crippen molar-refractivity contribution in [1.82, 2.24) is 83.0 Å². The van der Waals surface area contributed by atoms with Gasteiger partial charge >= 0.3 is 30.4 Å². The van der Waals surface area contributed by atoms with Gasteiger partial charge in [0.25, 0.3) is 17.7 Å². The molecule has 3 aliphatic rings. The summed E-state index contributed by atoms with van der Waals surface area (Å²) in [5, 5.41) is 12.8. The molecule has 1 fully saturated rings. The average molecular weight is 1920 g/mol. The minimum Gasteiger partial charge on any atom is -0.368 e. The van der Waals surface area contributed by atoms with Crippen molar-refractivity contribution in [2.24, 2.45) is 11.8 Å². The molecule has 12 N–H and O–H groups in total. The lowest BCUT2D eigenvalue weighted by Gasteiger charge is -2.25. The summed E-state index contributed by atoms with van der Waals surface area (Å²) in [7, 11) is -16.9. The minimum atomic E-state index is -4.25. The summed E-state index contributed by atoms with van der Waals surface area (Å²) in [4.78, 5) is 210. The number of imidazole rings is 4. The van der Waals surface area contributed by atoms with Gasteiger partial charge in [-0.05, 0) is 110 Å². The number of nitrogens with zero attached hydrogens (tertiary/aromatic N) is 18. The van der Waals surface area contributed by atoms with Crippen LogP contribution in [0.25, 0.3) is 44.7 Å². The summed E-state index contributed by atoms with van der Waals surface area (Å²) in [5.41, 5.74) is 6.27. The van der Waals surface area contributed by atoms with E-state index in [0.717, 1.165) is 63.7 Å². The molecule has 45 nitrogen and oxygen atoms in total. The molecule has 12 rings (SSSR count). The molecule has 1 aliphatic carbocycles. The van der Waals surface area contributed by atoms with E-state index in [4.69, 9.17) is 58.1 Å². The van der Waals surface area contributed by atoms with Crippen molar-refractivity contribution in [3.05, 3.63) is 117 Å². The Morgan fingerprint density at radius 3 is 1.13 bits per heavy atom. The Morgan fingerprint density at radius 1 is 0.439 bits per heavy atom. The smallest absolute Gasteiger partial charge is 0.350 e. The first-order valence-corrected chi connectivity index (χ1v) is 50.7. The molecule has 9 aromatic rings. The summed E-state index contributed by atoms with van der Waals surface area (Å²) in [6.07, 6.45) is 27.4.